The number of methoxy groups -OCH3 is 1. The van der Waals surface area contributed by atoms with Crippen LogP contribution >= 0.6 is 24.0 Å². The van der Waals surface area contributed by atoms with Crippen molar-refractivity contribution in [1.82, 2.24) is 0 Å². The fraction of sp³-hybridized carbons (Fsp3) is 0.200. The summed E-state index contributed by atoms with van der Waals surface area (Å²) in [6, 6.07) is 19.8. The molecule has 1 heterocycles. The summed E-state index contributed by atoms with van der Waals surface area (Å²) >= 11 is 6.46. The number of carbonyl (C=O) groups excluding carboxylic acids is 2. The Morgan fingerprint density at radius 2 is 1.79 bits per heavy atom. The topological polar surface area (TPSA) is 90.7 Å². The van der Waals surface area contributed by atoms with Crippen LogP contribution < -0.4 is 15.8 Å². The van der Waals surface area contributed by atoms with Crippen LogP contribution in [0.2, 0.25) is 5.02 Å². The average molecular weight is 487 g/mol. The minimum Gasteiger partial charge on any atom is -0.468 e. The summed E-state index contributed by atoms with van der Waals surface area (Å²) in [5.41, 5.74) is 9.51. The first kappa shape index (κ1) is 24.6. The zero-order chi connectivity index (χ0) is 22.7. The second-order valence-corrected chi connectivity index (χ2v) is 8.08. The zero-order valence-corrected chi connectivity index (χ0v) is 19.5. The first-order valence-corrected chi connectivity index (χ1v) is 10.6. The number of hydrogen-bond acceptors (Lipinski definition) is 5. The van der Waals surface area contributed by atoms with Crippen molar-refractivity contribution in [2.45, 2.75) is 24.8 Å². The van der Waals surface area contributed by atoms with E-state index in [2.05, 4.69) is 10.1 Å². The van der Waals surface area contributed by atoms with Gasteiger partial charge in [0.25, 0.3) is 0 Å². The van der Waals surface area contributed by atoms with Crippen molar-refractivity contribution in [2.24, 2.45) is 5.73 Å². The van der Waals surface area contributed by atoms with Crippen LogP contribution in [0.4, 0.5) is 5.69 Å². The van der Waals surface area contributed by atoms with Crippen LogP contribution in [0, 0.1) is 0 Å². The van der Waals surface area contributed by atoms with E-state index in [9.17, 15) is 9.59 Å². The van der Waals surface area contributed by atoms with Gasteiger partial charge in [0.2, 0.25) is 5.91 Å². The van der Waals surface area contributed by atoms with Crippen molar-refractivity contribution in [1.29, 1.82) is 0 Å². The summed E-state index contributed by atoms with van der Waals surface area (Å²) in [7, 11) is 1.32. The van der Waals surface area contributed by atoms with Gasteiger partial charge in [-0.15, -0.1) is 12.4 Å². The van der Waals surface area contributed by atoms with Crippen LogP contribution in [-0.4, -0.2) is 25.0 Å². The number of benzene rings is 3. The van der Waals surface area contributed by atoms with Crippen molar-refractivity contribution in [2.75, 3.05) is 12.4 Å². The molecule has 4 rings (SSSR count). The first-order valence-electron chi connectivity index (χ1n) is 10.2. The number of nitrogens with two attached hydrogens (primary N) is 1. The number of nitrogens with one attached hydrogen (secondary N) is 1. The maximum Gasteiger partial charge on any atom is 0.322 e. The van der Waals surface area contributed by atoms with Gasteiger partial charge in [0.15, 0.2) is 0 Å². The summed E-state index contributed by atoms with van der Waals surface area (Å²) in [6.45, 7) is 0. The van der Waals surface area contributed by atoms with E-state index in [4.69, 9.17) is 22.1 Å². The van der Waals surface area contributed by atoms with Gasteiger partial charge in [0, 0.05) is 5.69 Å². The number of para-hydroxylation sites is 1. The second-order valence-electron chi connectivity index (χ2n) is 7.68. The number of rotatable bonds is 7. The molecular weight excluding hydrogens is 463 g/mol. The van der Waals surface area contributed by atoms with Crippen LogP contribution in [-0.2, 0) is 27.2 Å². The number of anilines is 1. The molecule has 0 aromatic heterocycles. The molecule has 0 radical (unpaired) electrons. The van der Waals surface area contributed by atoms with E-state index in [1.54, 1.807) is 18.2 Å². The fourth-order valence-electron chi connectivity index (χ4n) is 3.78. The minimum atomic E-state index is -0.706. The Hall–Kier alpha value is -3.06. The van der Waals surface area contributed by atoms with Gasteiger partial charge in [-0.25, -0.2) is 0 Å². The van der Waals surface area contributed by atoms with E-state index in [1.807, 2.05) is 48.5 Å². The molecule has 1 aliphatic heterocycles. The molecule has 1 aliphatic rings. The van der Waals surface area contributed by atoms with Gasteiger partial charge >= 0.3 is 5.97 Å². The summed E-state index contributed by atoms with van der Waals surface area (Å²) in [5, 5.41) is 3.39. The molecule has 6 nitrogen and oxygen atoms in total. The SMILES string of the molecule is COC(=O)[C@H](N)Cc1ccc(Oc2ccc(CC3C(=O)Nc4ccccc43)cc2Cl)cc1.Cl. The largest absolute Gasteiger partial charge is 0.468 e. The van der Waals surface area contributed by atoms with Crippen LogP contribution in [0.1, 0.15) is 22.6 Å². The van der Waals surface area contributed by atoms with E-state index in [-0.39, 0.29) is 24.2 Å². The Morgan fingerprint density at radius 1 is 1.09 bits per heavy atom. The highest BCUT2D eigenvalue weighted by Crippen LogP contribution is 2.36. The normalized spacial score (nSPS) is 15.1. The predicted octanol–water partition coefficient (Wildman–Crippen LogP) is 4.88. The minimum absolute atomic E-state index is 0. The van der Waals surface area contributed by atoms with Crippen LogP contribution in [0.5, 0.6) is 11.5 Å². The number of amides is 1. The molecular formula is C25H24Cl2N2O4. The number of esters is 1. The summed E-state index contributed by atoms with van der Waals surface area (Å²) in [6.07, 6.45) is 0.929. The van der Waals surface area contributed by atoms with Crippen LogP contribution in [0.15, 0.2) is 66.7 Å². The molecule has 0 saturated carbocycles. The lowest BCUT2D eigenvalue weighted by Crippen LogP contribution is -2.33. The molecule has 0 fully saturated rings. The van der Waals surface area contributed by atoms with Crippen molar-refractivity contribution < 1.29 is 19.1 Å². The molecule has 8 heteroatoms. The highest BCUT2D eigenvalue weighted by Gasteiger charge is 2.30. The monoisotopic (exact) mass is 486 g/mol. The molecule has 3 N–H and O–H groups in total. The molecule has 0 spiro atoms. The average Bonchev–Trinajstić information content (AvgIpc) is 3.11. The molecule has 0 aliphatic carbocycles. The van der Waals surface area contributed by atoms with Gasteiger partial charge in [-0.05, 0) is 59.9 Å². The Kier molecular flexibility index (Phi) is 7.97. The predicted molar refractivity (Wildman–Crippen MR) is 130 cm³/mol. The lowest BCUT2D eigenvalue weighted by molar-refractivity contribution is -0.142. The number of fused-ring (bicyclic) bond motifs is 1. The fourth-order valence-corrected chi connectivity index (χ4v) is 4.02. The maximum atomic E-state index is 12.4. The van der Waals surface area contributed by atoms with E-state index in [0.717, 1.165) is 22.4 Å². The number of carbonyl (C=O) groups is 2. The van der Waals surface area contributed by atoms with Crippen molar-refractivity contribution in [3.05, 3.63) is 88.4 Å². The molecule has 2 atom stereocenters. The standard InChI is InChI=1S/C25H23ClN2O4.ClH/c1-31-25(30)21(27)14-15-6-9-17(10-7-15)32-23-11-8-16(13-20(23)26)12-19-18-4-2-3-5-22(18)28-24(19)29;/h2-11,13,19,21H,12,14,27H2,1H3,(H,28,29);1H/t19?,21-;/m1./s1. The van der Waals surface area contributed by atoms with Gasteiger partial charge in [0.05, 0.1) is 18.1 Å². The zero-order valence-electron chi connectivity index (χ0n) is 17.9. The number of ether oxygens (including phenoxy) is 2. The van der Waals surface area contributed by atoms with E-state index in [0.29, 0.717) is 29.4 Å². The summed E-state index contributed by atoms with van der Waals surface area (Å²) in [5.74, 6) is 0.438. The second kappa shape index (κ2) is 10.7. The molecule has 1 amide bonds. The molecule has 3 aromatic rings. The van der Waals surface area contributed by atoms with Gasteiger partial charge in [-0.1, -0.05) is 48.0 Å². The van der Waals surface area contributed by atoms with Crippen molar-refractivity contribution in [3.8, 4) is 11.5 Å². The highest BCUT2D eigenvalue weighted by molar-refractivity contribution is 6.32. The number of halogens is 2. The lowest BCUT2D eigenvalue weighted by atomic mass is 9.93. The van der Waals surface area contributed by atoms with E-state index in [1.165, 1.54) is 7.11 Å². The Bertz CT molecular complexity index is 1150. The van der Waals surface area contributed by atoms with Crippen LogP contribution in [0.3, 0.4) is 0 Å². The van der Waals surface area contributed by atoms with Crippen LogP contribution in [0.25, 0.3) is 0 Å². The van der Waals surface area contributed by atoms with Gasteiger partial charge in [-0.3, -0.25) is 9.59 Å². The molecule has 0 saturated heterocycles. The number of hydrogen-bond donors (Lipinski definition) is 2. The van der Waals surface area contributed by atoms with Crippen molar-refractivity contribution in [3.63, 3.8) is 0 Å². The third-order valence-corrected chi connectivity index (χ3v) is 5.75. The molecule has 33 heavy (non-hydrogen) atoms. The lowest BCUT2D eigenvalue weighted by Gasteiger charge is -2.13. The first-order chi connectivity index (χ1) is 15.4. The van der Waals surface area contributed by atoms with Gasteiger partial charge in [-0.2, -0.15) is 0 Å². The molecule has 172 valence electrons. The van der Waals surface area contributed by atoms with E-state index < -0.39 is 12.0 Å². The third-order valence-electron chi connectivity index (χ3n) is 5.46. The molecule has 0 bridgehead atoms. The van der Waals surface area contributed by atoms with Gasteiger partial charge in [0.1, 0.15) is 17.5 Å². The van der Waals surface area contributed by atoms with Gasteiger partial charge < -0.3 is 20.5 Å². The maximum absolute atomic E-state index is 12.4. The van der Waals surface area contributed by atoms with Crippen molar-refractivity contribution >= 4 is 41.6 Å². The molecule has 1 unspecified atom stereocenters. The Labute approximate surface area is 203 Å². The Morgan fingerprint density at radius 3 is 2.48 bits per heavy atom. The highest BCUT2D eigenvalue weighted by atomic mass is 35.5. The molecule has 3 aromatic carbocycles. The summed E-state index contributed by atoms with van der Waals surface area (Å²) < 4.78 is 10.6. The third kappa shape index (κ3) is 5.66. The smallest absolute Gasteiger partial charge is 0.322 e. The summed E-state index contributed by atoms with van der Waals surface area (Å²) in [4.78, 5) is 23.8. The quantitative estimate of drug-likeness (QED) is 0.464. The Balaban J connectivity index is 0.00000306. The van der Waals surface area contributed by atoms with E-state index >= 15 is 0 Å².